The van der Waals surface area contributed by atoms with Crippen molar-refractivity contribution in [2.45, 2.75) is 44.1 Å². The second-order valence-corrected chi connectivity index (χ2v) is 8.53. The smallest absolute Gasteiger partial charge is 0.387 e. The van der Waals surface area contributed by atoms with E-state index >= 15 is 0 Å². The van der Waals surface area contributed by atoms with Gasteiger partial charge in [-0.1, -0.05) is 23.9 Å². The number of ether oxygens (including phenoxy) is 1. The summed E-state index contributed by atoms with van der Waals surface area (Å²) >= 11 is 1.31. The van der Waals surface area contributed by atoms with Crippen LogP contribution in [-0.2, 0) is 17.9 Å². The first kappa shape index (κ1) is 23.1. The Bertz CT molecular complexity index is 1020. The fraction of sp³-hybridized carbons (Fsp3) is 0.409. The number of thioether (sulfide) groups is 1. The molecule has 0 spiro atoms. The van der Waals surface area contributed by atoms with E-state index in [-0.39, 0.29) is 24.0 Å². The molecule has 1 aliphatic rings. The van der Waals surface area contributed by atoms with Crippen molar-refractivity contribution in [2.75, 3.05) is 23.7 Å². The number of rotatable bonds is 10. The molecule has 4 rings (SSSR count). The van der Waals surface area contributed by atoms with E-state index in [0.29, 0.717) is 11.7 Å². The summed E-state index contributed by atoms with van der Waals surface area (Å²) in [5.41, 5.74) is 0.781. The zero-order valence-electron chi connectivity index (χ0n) is 18.0. The van der Waals surface area contributed by atoms with E-state index in [4.69, 9.17) is 4.42 Å². The Morgan fingerprint density at radius 1 is 1.15 bits per heavy atom. The Morgan fingerprint density at radius 3 is 2.64 bits per heavy atom. The van der Waals surface area contributed by atoms with Crippen molar-refractivity contribution < 1.29 is 22.7 Å². The standard InChI is InChI=1S/C22H25F2N5O3S/c23-20(24)32-17-8-6-16(7-9-17)13-25-19(30)15-33-22-27-26-21(28-10-2-1-3-11-28)29(22)14-18-5-4-12-31-18/h4-9,12,20H,1-3,10-11,13-15H2,(H,25,30). The molecule has 3 aromatic rings. The second-order valence-electron chi connectivity index (χ2n) is 7.58. The van der Waals surface area contributed by atoms with E-state index in [0.717, 1.165) is 43.2 Å². The van der Waals surface area contributed by atoms with E-state index in [1.807, 2.05) is 16.7 Å². The van der Waals surface area contributed by atoms with Gasteiger partial charge in [-0.2, -0.15) is 8.78 Å². The number of aromatic nitrogens is 3. The third-order valence-electron chi connectivity index (χ3n) is 5.20. The number of carbonyl (C=O) groups excluding carboxylic acids is 1. The molecule has 3 heterocycles. The van der Waals surface area contributed by atoms with E-state index < -0.39 is 6.61 Å². The molecule has 0 aliphatic carbocycles. The van der Waals surface area contributed by atoms with Gasteiger partial charge < -0.3 is 19.4 Å². The lowest BCUT2D eigenvalue weighted by Crippen LogP contribution is -2.32. The number of carbonyl (C=O) groups is 1. The number of nitrogens with one attached hydrogen (secondary N) is 1. The van der Waals surface area contributed by atoms with Gasteiger partial charge in [0.15, 0.2) is 5.16 Å². The van der Waals surface area contributed by atoms with Gasteiger partial charge >= 0.3 is 6.61 Å². The van der Waals surface area contributed by atoms with E-state index in [2.05, 4.69) is 25.2 Å². The van der Waals surface area contributed by atoms with Crippen LogP contribution >= 0.6 is 11.8 Å². The lowest BCUT2D eigenvalue weighted by Gasteiger charge is -2.27. The number of piperidine rings is 1. The molecule has 1 aromatic carbocycles. The van der Waals surface area contributed by atoms with Gasteiger partial charge in [0.05, 0.1) is 18.6 Å². The topological polar surface area (TPSA) is 85.4 Å². The number of amides is 1. The summed E-state index contributed by atoms with van der Waals surface area (Å²) in [6.07, 6.45) is 5.08. The van der Waals surface area contributed by atoms with Gasteiger partial charge in [0, 0.05) is 19.6 Å². The van der Waals surface area contributed by atoms with Crippen molar-refractivity contribution in [3.05, 3.63) is 54.0 Å². The molecule has 176 valence electrons. The molecule has 1 fully saturated rings. The van der Waals surface area contributed by atoms with Crippen LogP contribution in [0.1, 0.15) is 30.6 Å². The van der Waals surface area contributed by atoms with Crippen molar-refractivity contribution in [3.63, 3.8) is 0 Å². The van der Waals surface area contributed by atoms with Gasteiger partial charge in [-0.05, 0) is 49.1 Å². The number of hydrogen-bond acceptors (Lipinski definition) is 7. The maximum atomic E-state index is 12.4. The van der Waals surface area contributed by atoms with Gasteiger partial charge in [0.25, 0.3) is 0 Å². The molecule has 11 heteroatoms. The van der Waals surface area contributed by atoms with Crippen molar-refractivity contribution in [1.82, 2.24) is 20.1 Å². The monoisotopic (exact) mass is 477 g/mol. The first-order chi connectivity index (χ1) is 16.1. The molecule has 0 bridgehead atoms. The number of nitrogens with zero attached hydrogens (tertiary/aromatic N) is 4. The highest BCUT2D eigenvalue weighted by atomic mass is 32.2. The van der Waals surface area contributed by atoms with Crippen LogP contribution in [0.25, 0.3) is 0 Å². The maximum Gasteiger partial charge on any atom is 0.387 e. The number of furan rings is 1. The highest BCUT2D eigenvalue weighted by Gasteiger charge is 2.21. The fourth-order valence-corrected chi connectivity index (χ4v) is 4.35. The molecular formula is C22H25F2N5O3S. The van der Waals surface area contributed by atoms with Crippen LogP contribution < -0.4 is 15.0 Å². The minimum Gasteiger partial charge on any atom is -0.467 e. The van der Waals surface area contributed by atoms with Gasteiger partial charge in [0.2, 0.25) is 11.9 Å². The summed E-state index contributed by atoms with van der Waals surface area (Å²) in [7, 11) is 0. The number of anilines is 1. The summed E-state index contributed by atoms with van der Waals surface area (Å²) in [6, 6.07) is 9.90. The molecule has 2 aromatic heterocycles. The summed E-state index contributed by atoms with van der Waals surface area (Å²) in [5, 5.41) is 12.2. The first-order valence-corrected chi connectivity index (χ1v) is 11.7. The largest absolute Gasteiger partial charge is 0.467 e. The van der Waals surface area contributed by atoms with Crippen molar-refractivity contribution in [2.24, 2.45) is 0 Å². The number of benzene rings is 1. The van der Waals surface area contributed by atoms with E-state index in [1.54, 1.807) is 18.4 Å². The van der Waals surface area contributed by atoms with Gasteiger partial charge in [-0.25, -0.2) is 0 Å². The van der Waals surface area contributed by atoms with Crippen molar-refractivity contribution in [1.29, 1.82) is 0 Å². The Labute approximate surface area is 194 Å². The fourth-order valence-electron chi connectivity index (χ4n) is 3.58. The van der Waals surface area contributed by atoms with Crippen LogP contribution in [0.5, 0.6) is 5.75 Å². The van der Waals surface area contributed by atoms with Crippen LogP contribution in [0, 0.1) is 0 Å². The number of alkyl halides is 2. The predicted octanol–water partition coefficient (Wildman–Crippen LogP) is 3.92. The molecule has 0 unspecified atom stereocenters. The molecule has 8 nitrogen and oxygen atoms in total. The summed E-state index contributed by atoms with van der Waals surface area (Å²) in [6.45, 7) is -0.224. The minimum atomic E-state index is -2.86. The van der Waals surface area contributed by atoms with E-state index in [9.17, 15) is 13.6 Å². The van der Waals surface area contributed by atoms with Crippen molar-refractivity contribution >= 4 is 23.6 Å². The summed E-state index contributed by atoms with van der Waals surface area (Å²) in [4.78, 5) is 14.6. The zero-order chi connectivity index (χ0) is 23.0. The Balaban J connectivity index is 1.35. The van der Waals surface area contributed by atoms with Gasteiger partial charge in [-0.3, -0.25) is 9.36 Å². The average molecular weight is 478 g/mol. The van der Waals surface area contributed by atoms with Crippen LogP contribution in [0.4, 0.5) is 14.7 Å². The quantitative estimate of drug-likeness (QED) is 0.443. The number of hydrogen-bond donors (Lipinski definition) is 1. The average Bonchev–Trinajstić information content (AvgIpc) is 3.48. The second kappa shape index (κ2) is 11.2. The lowest BCUT2D eigenvalue weighted by molar-refractivity contribution is -0.118. The van der Waals surface area contributed by atoms with Crippen LogP contribution in [0.3, 0.4) is 0 Å². The highest BCUT2D eigenvalue weighted by Crippen LogP contribution is 2.25. The molecule has 1 aliphatic heterocycles. The van der Waals surface area contributed by atoms with Crippen molar-refractivity contribution in [3.8, 4) is 5.75 Å². The van der Waals surface area contributed by atoms with Crippen LogP contribution in [-0.4, -0.2) is 46.1 Å². The SMILES string of the molecule is O=C(CSc1nnc(N2CCCCC2)n1Cc1ccco1)NCc1ccc(OC(F)F)cc1. The number of halogens is 2. The molecule has 33 heavy (non-hydrogen) atoms. The third kappa shape index (κ3) is 6.47. The highest BCUT2D eigenvalue weighted by molar-refractivity contribution is 7.99. The minimum absolute atomic E-state index is 0.0797. The normalized spacial score (nSPS) is 14.0. The third-order valence-corrected chi connectivity index (χ3v) is 6.17. The Kier molecular flexibility index (Phi) is 7.82. The summed E-state index contributed by atoms with van der Waals surface area (Å²) < 4.78 is 36.3. The van der Waals surface area contributed by atoms with Gasteiger partial charge in [-0.15, -0.1) is 10.2 Å². The molecule has 1 N–H and O–H groups in total. The first-order valence-electron chi connectivity index (χ1n) is 10.7. The Hall–Kier alpha value is -3.08. The molecular weight excluding hydrogens is 452 g/mol. The molecule has 0 saturated carbocycles. The van der Waals surface area contributed by atoms with E-state index in [1.165, 1.54) is 30.3 Å². The maximum absolute atomic E-state index is 12.4. The van der Waals surface area contributed by atoms with Crippen LogP contribution in [0.2, 0.25) is 0 Å². The molecule has 1 saturated heterocycles. The Morgan fingerprint density at radius 2 is 1.94 bits per heavy atom. The predicted molar refractivity (Wildman–Crippen MR) is 120 cm³/mol. The molecule has 0 atom stereocenters. The molecule has 1 amide bonds. The molecule has 0 radical (unpaired) electrons. The lowest BCUT2D eigenvalue weighted by atomic mass is 10.1. The van der Waals surface area contributed by atoms with Gasteiger partial charge in [0.1, 0.15) is 11.5 Å². The van der Waals surface area contributed by atoms with Crippen LogP contribution in [0.15, 0.2) is 52.2 Å². The summed E-state index contributed by atoms with van der Waals surface area (Å²) in [5.74, 6) is 1.66. The zero-order valence-corrected chi connectivity index (χ0v) is 18.8.